The minimum absolute atomic E-state index is 0.0170. The number of nitrogens with zero attached hydrogens (tertiary/aromatic N) is 2. The standard InChI is InChI=1S/C21H23N3OS2/c1-4-13(2)9-17-14(3)27-21-19(17)20(25)23-18(24-21)12-26-11-16-7-5-15(10-22)6-8-16/h5-8,13H,4,9,11-12H2,1-3H3,(H,23,24,25)/t13-/m1/s1. The molecule has 4 nitrogen and oxygen atoms in total. The van der Waals surface area contributed by atoms with E-state index >= 15 is 0 Å². The first-order chi connectivity index (χ1) is 13.0. The summed E-state index contributed by atoms with van der Waals surface area (Å²) in [5, 5.41) is 9.63. The number of hydrogen-bond donors (Lipinski definition) is 1. The Morgan fingerprint density at radius 3 is 2.70 bits per heavy atom. The van der Waals surface area contributed by atoms with Crippen LogP contribution in [0, 0.1) is 24.2 Å². The summed E-state index contributed by atoms with van der Waals surface area (Å²) in [7, 11) is 0. The lowest BCUT2D eigenvalue weighted by molar-refractivity contribution is 0.561. The van der Waals surface area contributed by atoms with Crippen LogP contribution in [0.1, 0.15) is 47.7 Å². The number of rotatable bonds is 7. The van der Waals surface area contributed by atoms with Crippen molar-refractivity contribution in [3.63, 3.8) is 0 Å². The molecule has 0 saturated carbocycles. The van der Waals surface area contributed by atoms with Gasteiger partial charge in [-0.1, -0.05) is 32.4 Å². The molecule has 2 aromatic heterocycles. The SMILES string of the molecule is CC[C@@H](C)Cc1c(C)sc2nc(CSCc3ccc(C#N)cc3)[nH]c(=O)c12. The average molecular weight is 398 g/mol. The molecule has 0 aliphatic heterocycles. The van der Waals surface area contributed by atoms with Crippen LogP contribution >= 0.6 is 23.1 Å². The molecule has 0 fully saturated rings. The van der Waals surface area contributed by atoms with Gasteiger partial charge in [0.05, 0.1) is 22.8 Å². The zero-order valence-corrected chi connectivity index (χ0v) is 17.5. The molecule has 3 aromatic rings. The van der Waals surface area contributed by atoms with Crippen LogP contribution in [0.5, 0.6) is 0 Å². The van der Waals surface area contributed by atoms with Crippen molar-refractivity contribution >= 4 is 33.3 Å². The zero-order chi connectivity index (χ0) is 19.4. The van der Waals surface area contributed by atoms with E-state index in [4.69, 9.17) is 10.2 Å². The molecule has 3 rings (SSSR count). The Kier molecular flexibility index (Phi) is 6.35. The lowest BCUT2D eigenvalue weighted by atomic mass is 9.98. The predicted octanol–water partition coefficient (Wildman–Crippen LogP) is 5.19. The summed E-state index contributed by atoms with van der Waals surface area (Å²) in [6.07, 6.45) is 2.03. The number of nitrogens with one attached hydrogen (secondary N) is 1. The van der Waals surface area contributed by atoms with Gasteiger partial charge in [0, 0.05) is 10.6 Å². The summed E-state index contributed by atoms with van der Waals surface area (Å²) in [4.78, 5) is 22.4. The van der Waals surface area contributed by atoms with Gasteiger partial charge in [-0.2, -0.15) is 5.26 Å². The molecular weight excluding hydrogens is 374 g/mol. The Hall–Kier alpha value is -2.10. The van der Waals surface area contributed by atoms with E-state index in [9.17, 15) is 4.79 Å². The molecule has 2 heterocycles. The quantitative estimate of drug-likeness (QED) is 0.596. The van der Waals surface area contributed by atoms with Crippen LogP contribution in [0.3, 0.4) is 0 Å². The third-order valence-electron chi connectivity index (χ3n) is 4.75. The van der Waals surface area contributed by atoms with Crippen molar-refractivity contribution in [3.05, 3.63) is 62.0 Å². The molecule has 27 heavy (non-hydrogen) atoms. The third kappa shape index (κ3) is 4.60. The number of fused-ring (bicyclic) bond motifs is 1. The summed E-state index contributed by atoms with van der Waals surface area (Å²) in [6.45, 7) is 6.49. The lowest BCUT2D eigenvalue weighted by Crippen LogP contribution is -2.12. The molecule has 0 saturated heterocycles. The minimum atomic E-state index is -0.0170. The van der Waals surface area contributed by atoms with Crippen molar-refractivity contribution in [1.29, 1.82) is 5.26 Å². The summed E-state index contributed by atoms with van der Waals surface area (Å²) < 4.78 is 0. The van der Waals surface area contributed by atoms with Crippen LogP contribution in [0.15, 0.2) is 29.1 Å². The van der Waals surface area contributed by atoms with E-state index in [2.05, 4.69) is 31.8 Å². The number of benzene rings is 1. The molecule has 1 atom stereocenters. The highest BCUT2D eigenvalue weighted by Crippen LogP contribution is 2.30. The number of hydrogen-bond acceptors (Lipinski definition) is 5. The molecule has 0 amide bonds. The van der Waals surface area contributed by atoms with Crippen LogP contribution in [-0.4, -0.2) is 9.97 Å². The van der Waals surface area contributed by atoms with E-state index in [-0.39, 0.29) is 5.56 Å². The van der Waals surface area contributed by atoms with Gasteiger partial charge >= 0.3 is 0 Å². The van der Waals surface area contributed by atoms with E-state index in [1.807, 2.05) is 24.3 Å². The molecule has 1 N–H and O–H groups in total. The highest BCUT2D eigenvalue weighted by Gasteiger charge is 2.16. The largest absolute Gasteiger partial charge is 0.309 e. The first-order valence-electron chi connectivity index (χ1n) is 9.09. The van der Waals surface area contributed by atoms with Gasteiger partial charge in [-0.3, -0.25) is 4.79 Å². The van der Waals surface area contributed by atoms with Gasteiger partial charge in [-0.15, -0.1) is 23.1 Å². The maximum absolute atomic E-state index is 12.7. The summed E-state index contributed by atoms with van der Waals surface area (Å²) in [5.41, 5.74) is 2.97. The molecule has 0 aliphatic rings. The van der Waals surface area contributed by atoms with Crippen molar-refractivity contribution < 1.29 is 0 Å². The topological polar surface area (TPSA) is 69.5 Å². The highest BCUT2D eigenvalue weighted by molar-refractivity contribution is 7.97. The number of H-pyrrole nitrogens is 1. The monoisotopic (exact) mass is 397 g/mol. The number of thiophene rings is 1. The Morgan fingerprint density at radius 1 is 1.30 bits per heavy atom. The van der Waals surface area contributed by atoms with E-state index in [1.54, 1.807) is 23.1 Å². The van der Waals surface area contributed by atoms with Crippen molar-refractivity contribution in [2.45, 2.75) is 45.1 Å². The third-order valence-corrected chi connectivity index (χ3v) is 6.81. The molecule has 0 bridgehead atoms. The fraction of sp³-hybridized carbons (Fsp3) is 0.381. The summed E-state index contributed by atoms with van der Waals surface area (Å²) in [5.74, 6) is 2.75. The number of aryl methyl sites for hydroxylation is 1. The Balaban J connectivity index is 1.74. The van der Waals surface area contributed by atoms with Gasteiger partial charge in [-0.05, 0) is 42.5 Å². The van der Waals surface area contributed by atoms with Gasteiger partial charge in [0.15, 0.2) is 0 Å². The maximum atomic E-state index is 12.7. The van der Waals surface area contributed by atoms with E-state index < -0.39 is 0 Å². The van der Waals surface area contributed by atoms with E-state index in [0.29, 0.717) is 17.2 Å². The molecule has 0 aliphatic carbocycles. The Morgan fingerprint density at radius 2 is 2.04 bits per heavy atom. The minimum Gasteiger partial charge on any atom is -0.309 e. The zero-order valence-electron chi connectivity index (χ0n) is 15.8. The van der Waals surface area contributed by atoms with Crippen molar-refractivity contribution in [2.75, 3.05) is 0 Å². The van der Waals surface area contributed by atoms with Gasteiger partial charge in [0.2, 0.25) is 0 Å². The van der Waals surface area contributed by atoms with E-state index in [1.165, 1.54) is 4.88 Å². The normalized spacial score (nSPS) is 12.2. The van der Waals surface area contributed by atoms with Crippen molar-refractivity contribution in [1.82, 2.24) is 9.97 Å². The van der Waals surface area contributed by atoms with Crippen molar-refractivity contribution in [3.8, 4) is 6.07 Å². The van der Waals surface area contributed by atoms with Crippen LogP contribution in [0.4, 0.5) is 0 Å². The van der Waals surface area contributed by atoms with Crippen molar-refractivity contribution in [2.24, 2.45) is 5.92 Å². The summed E-state index contributed by atoms with van der Waals surface area (Å²) >= 11 is 3.33. The van der Waals surface area contributed by atoms with Gasteiger partial charge in [-0.25, -0.2) is 4.98 Å². The second-order valence-corrected chi connectivity index (χ2v) is 9.04. The highest BCUT2D eigenvalue weighted by atomic mass is 32.2. The number of aromatic nitrogens is 2. The number of nitriles is 1. The summed E-state index contributed by atoms with van der Waals surface area (Å²) in [6, 6.07) is 9.72. The Labute approximate surface area is 167 Å². The smallest absolute Gasteiger partial charge is 0.259 e. The molecular formula is C21H23N3OS2. The molecule has 0 unspecified atom stereocenters. The molecule has 0 spiro atoms. The van der Waals surface area contributed by atoms with Crippen LogP contribution in [0.2, 0.25) is 0 Å². The van der Waals surface area contributed by atoms with E-state index in [0.717, 1.165) is 45.8 Å². The van der Waals surface area contributed by atoms with Gasteiger partial charge in [0.1, 0.15) is 10.7 Å². The molecule has 140 valence electrons. The predicted molar refractivity (Wildman–Crippen MR) is 114 cm³/mol. The van der Waals surface area contributed by atoms with Gasteiger partial charge in [0.25, 0.3) is 5.56 Å². The maximum Gasteiger partial charge on any atom is 0.259 e. The van der Waals surface area contributed by atoms with Crippen LogP contribution in [0.25, 0.3) is 10.2 Å². The fourth-order valence-electron chi connectivity index (χ4n) is 2.97. The van der Waals surface area contributed by atoms with Crippen LogP contribution < -0.4 is 5.56 Å². The second kappa shape index (κ2) is 8.73. The van der Waals surface area contributed by atoms with Gasteiger partial charge < -0.3 is 4.98 Å². The average Bonchev–Trinajstić information content (AvgIpc) is 2.97. The molecule has 6 heteroatoms. The Bertz CT molecular complexity index is 1030. The second-order valence-electron chi connectivity index (χ2n) is 6.85. The number of aromatic amines is 1. The lowest BCUT2D eigenvalue weighted by Gasteiger charge is -2.08. The van der Waals surface area contributed by atoms with Crippen LogP contribution in [-0.2, 0) is 17.9 Å². The molecule has 0 radical (unpaired) electrons. The first-order valence-corrected chi connectivity index (χ1v) is 11.1. The fourth-order valence-corrected chi connectivity index (χ4v) is 4.90. The first kappa shape index (κ1) is 19.7. The molecule has 1 aromatic carbocycles. The number of thioether (sulfide) groups is 1.